The number of hydrogen-bond acceptors (Lipinski definition) is 4. The summed E-state index contributed by atoms with van der Waals surface area (Å²) in [6, 6.07) is 11.0. The topological polar surface area (TPSA) is 71.2 Å². The van der Waals surface area contributed by atoms with Crippen molar-refractivity contribution in [3.63, 3.8) is 0 Å². The maximum absolute atomic E-state index is 12.1. The number of aromatic nitrogens is 1. The van der Waals surface area contributed by atoms with Crippen molar-refractivity contribution in [3.05, 3.63) is 53.7 Å². The second kappa shape index (κ2) is 4.28. The number of carbonyl (C=O) groups is 1. The highest BCUT2D eigenvalue weighted by Crippen LogP contribution is 2.29. The Morgan fingerprint density at radius 1 is 1.26 bits per heavy atom. The molecule has 5 heteroatoms. The molecule has 1 aliphatic heterocycles. The molecule has 1 aromatic heterocycles. The van der Waals surface area contributed by atoms with E-state index in [0.717, 1.165) is 5.56 Å². The van der Waals surface area contributed by atoms with Gasteiger partial charge in [-0.25, -0.2) is 4.98 Å². The summed E-state index contributed by atoms with van der Waals surface area (Å²) in [5, 5.41) is 2.96. The molecule has 0 saturated heterocycles. The lowest BCUT2D eigenvalue weighted by Gasteiger charge is -2.35. The zero-order chi connectivity index (χ0) is 13.4. The minimum absolute atomic E-state index is 0.108. The Hall–Kier alpha value is -2.56. The van der Waals surface area contributed by atoms with Crippen molar-refractivity contribution in [2.45, 2.75) is 6.17 Å². The number of benzene rings is 1. The number of hydrogen-bond donors (Lipinski definition) is 2. The van der Waals surface area contributed by atoms with E-state index in [4.69, 9.17) is 5.73 Å². The van der Waals surface area contributed by atoms with Crippen LogP contribution >= 0.6 is 0 Å². The van der Waals surface area contributed by atoms with Crippen LogP contribution < -0.4 is 16.0 Å². The summed E-state index contributed by atoms with van der Waals surface area (Å²) in [4.78, 5) is 18.3. The number of carbonyl (C=O) groups excluding carboxylic acids is 1. The molecule has 0 aliphatic carbocycles. The molecule has 3 N–H and O–H groups in total. The standard InChI is InChI=1S/C14H14N4O/c1-18-12(9-4-6-10(15)7-5-9)17-14(19)11-3-2-8-16-13(11)18/h2-8,12H,15H2,1H3,(H,17,19). The molecule has 0 saturated carbocycles. The van der Waals surface area contributed by atoms with Gasteiger partial charge >= 0.3 is 0 Å². The van der Waals surface area contributed by atoms with Gasteiger partial charge in [0.2, 0.25) is 0 Å². The molecule has 19 heavy (non-hydrogen) atoms. The van der Waals surface area contributed by atoms with Crippen molar-refractivity contribution in [3.8, 4) is 0 Å². The van der Waals surface area contributed by atoms with Crippen LogP contribution in [0.5, 0.6) is 0 Å². The monoisotopic (exact) mass is 254 g/mol. The molecule has 96 valence electrons. The van der Waals surface area contributed by atoms with Gasteiger partial charge in [0.05, 0.1) is 5.56 Å². The normalized spacial score (nSPS) is 17.8. The summed E-state index contributed by atoms with van der Waals surface area (Å²) < 4.78 is 0. The first-order valence-corrected chi connectivity index (χ1v) is 6.01. The van der Waals surface area contributed by atoms with E-state index in [2.05, 4.69) is 10.3 Å². The van der Waals surface area contributed by atoms with Crippen LogP contribution in [0.15, 0.2) is 42.6 Å². The van der Waals surface area contributed by atoms with Gasteiger partial charge in [0, 0.05) is 18.9 Å². The van der Waals surface area contributed by atoms with E-state index in [-0.39, 0.29) is 12.1 Å². The van der Waals surface area contributed by atoms with E-state index in [1.54, 1.807) is 18.3 Å². The van der Waals surface area contributed by atoms with Crippen LogP contribution in [0.3, 0.4) is 0 Å². The van der Waals surface area contributed by atoms with E-state index < -0.39 is 0 Å². The molecule has 3 rings (SSSR count). The lowest BCUT2D eigenvalue weighted by Crippen LogP contribution is -2.45. The molecule has 1 unspecified atom stereocenters. The summed E-state index contributed by atoms with van der Waals surface area (Å²) in [6.45, 7) is 0. The molecule has 2 aromatic rings. The minimum atomic E-state index is -0.226. The number of anilines is 2. The van der Waals surface area contributed by atoms with Crippen molar-refractivity contribution in [1.29, 1.82) is 0 Å². The Labute approximate surface area is 111 Å². The zero-order valence-electron chi connectivity index (χ0n) is 10.5. The number of nitrogens with one attached hydrogen (secondary N) is 1. The Balaban J connectivity index is 2.02. The van der Waals surface area contributed by atoms with Crippen LogP contribution in [0.4, 0.5) is 11.5 Å². The highest BCUT2D eigenvalue weighted by atomic mass is 16.2. The predicted octanol–water partition coefficient (Wildman–Crippen LogP) is 1.54. The molecule has 1 atom stereocenters. The van der Waals surface area contributed by atoms with Crippen molar-refractivity contribution < 1.29 is 4.79 Å². The van der Waals surface area contributed by atoms with Gasteiger partial charge in [-0.3, -0.25) is 4.79 Å². The SMILES string of the molecule is CN1c2ncccc2C(=O)NC1c1ccc(N)cc1. The number of rotatable bonds is 1. The maximum Gasteiger partial charge on any atom is 0.256 e. The molecule has 5 nitrogen and oxygen atoms in total. The molecule has 1 aromatic carbocycles. The average Bonchev–Trinajstić information content (AvgIpc) is 2.44. The third kappa shape index (κ3) is 1.89. The lowest BCUT2D eigenvalue weighted by atomic mass is 10.1. The van der Waals surface area contributed by atoms with Crippen LogP contribution in [0.2, 0.25) is 0 Å². The van der Waals surface area contributed by atoms with Gasteiger partial charge in [-0.1, -0.05) is 12.1 Å². The number of nitrogens with zero attached hydrogens (tertiary/aromatic N) is 2. The first-order chi connectivity index (χ1) is 9.16. The number of fused-ring (bicyclic) bond motifs is 1. The molecular weight excluding hydrogens is 240 g/mol. The maximum atomic E-state index is 12.1. The summed E-state index contributed by atoms with van der Waals surface area (Å²) in [5.74, 6) is 0.580. The van der Waals surface area contributed by atoms with E-state index in [0.29, 0.717) is 17.1 Å². The molecular formula is C14H14N4O. The molecule has 1 aliphatic rings. The zero-order valence-corrected chi connectivity index (χ0v) is 10.5. The minimum Gasteiger partial charge on any atom is -0.399 e. The summed E-state index contributed by atoms with van der Waals surface area (Å²) in [6.07, 6.45) is 1.46. The van der Waals surface area contributed by atoms with E-state index >= 15 is 0 Å². The predicted molar refractivity (Wildman–Crippen MR) is 73.7 cm³/mol. The fourth-order valence-corrected chi connectivity index (χ4v) is 2.26. The van der Waals surface area contributed by atoms with Gasteiger partial charge in [-0.2, -0.15) is 0 Å². The second-order valence-electron chi connectivity index (χ2n) is 4.53. The van der Waals surface area contributed by atoms with Crippen LogP contribution in [0, 0.1) is 0 Å². The van der Waals surface area contributed by atoms with Gasteiger partial charge < -0.3 is 16.0 Å². The number of nitrogen functional groups attached to an aromatic ring is 1. The summed E-state index contributed by atoms with van der Waals surface area (Å²) >= 11 is 0. The van der Waals surface area contributed by atoms with Gasteiger partial charge in [-0.05, 0) is 29.8 Å². The highest BCUT2D eigenvalue weighted by molar-refractivity contribution is 6.01. The number of pyridine rings is 1. The van der Waals surface area contributed by atoms with Gasteiger partial charge in [0.1, 0.15) is 12.0 Å². The summed E-state index contributed by atoms with van der Waals surface area (Å²) in [7, 11) is 1.91. The Bertz CT molecular complexity index is 624. The number of nitrogens with two attached hydrogens (primary N) is 1. The Kier molecular flexibility index (Phi) is 2.59. The van der Waals surface area contributed by atoms with Gasteiger partial charge in [-0.15, -0.1) is 0 Å². The van der Waals surface area contributed by atoms with E-state index in [9.17, 15) is 4.79 Å². The van der Waals surface area contributed by atoms with Crippen LogP contribution in [0.25, 0.3) is 0 Å². The molecule has 2 heterocycles. The highest BCUT2D eigenvalue weighted by Gasteiger charge is 2.29. The largest absolute Gasteiger partial charge is 0.399 e. The van der Waals surface area contributed by atoms with Gasteiger partial charge in [0.15, 0.2) is 0 Å². The van der Waals surface area contributed by atoms with Crippen molar-refractivity contribution in [1.82, 2.24) is 10.3 Å². The van der Waals surface area contributed by atoms with Crippen molar-refractivity contribution in [2.24, 2.45) is 0 Å². The Morgan fingerprint density at radius 3 is 2.74 bits per heavy atom. The first kappa shape index (κ1) is 11.5. The molecule has 0 spiro atoms. The quantitative estimate of drug-likeness (QED) is 0.757. The van der Waals surface area contributed by atoms with E-state index in [1.807, 2.05) is 36.2 Å². The number of amides is 1. The second-order valence-corrected chi connectivity index (χ2v) is 4.53. The van der Waals surface area contributed by atoms with Crippen LogP contribution in [-0.4, -0.2) is 17.9 Å². The third-order valence-corrected chi connectivity index (χ3v) is 3.27. The van der Waals surface area contributed by atoms with E-state index in [1.165, 1.54) is 0 Å². The lowest BCUT2D eigenvalue weighted by molar-refractivity contribution is 0.0927. The van der Waals surface area contributed by atoms with Crippen molar-refractivity contribution >= 4 is 17.4 Å². The summed E-state index contributed by atoms with van der Waals surface area (Å²) in [5.41, 5.74) is 7.95. The third-order valence-electron chi connectivity index (χ3n) is 3.27. The average molecular weight is 254 g/mol. The van der Waals surface area contributed by atoms with Crippen LogP contribution in [0.1, 0.15) is 22.1 Å². The first-order valence-electron chi connectivity index (χ1n) is 6.01. The molecule has 0 radical (unpaired) electrons. The fraction of sp³-hybridized carbons (Fsp3) is 0.143. The van der Waals surface area contributed by atoms with Crippen LogP contribution in [-0.2, 0) is 0 Å². The fourth-order valence-electron chi connectivity index (χ4n) is 2.26. The molecule has 0 fully saturated rings. The molecule has 0 bridgehead atoms. The smallest absolute Gasteiger partial charge is 0.256 e. The van der Waals surface area contributed by atoms with Gasteiger partial charge in [0.25, 0.3) is 5.91 Å². The van der Waals surface area contributed by atoms with Crippen molar-refractivity contribution in [2.75, 3.05) is 17.7 Å². The molecule has 1 amide bonds. The Morgan fingerprint density at radius 2 is 2.00 bits per heavy atom.